The molecule has 1 fully saturated rings. The standard InChI is InChI=1S/C18H19ClN4.ClH.H2O/c1-12-20-16-11-15(13-7-3-4-8-14(13)19)22-17(16)18(21-12)23-9-5-2-6-10-23;;/h3-4,7-8,11,22H,2,5-6,9-10H2,1H3;1H;1H2. The van der Waals surface area contributed by atoms with Gasteiger partial charge in [0, 0.05) is 29.4 Å². The van der Waals surface area contributed by atoms with Crippen LogP contribution >= 0.6 is 24.0 Å². The van der Waals surface area contributed by atoms with E-state index in [1.165, 1.54) is 19.3 Å². The van der Waals surface area contributed by atoms with Gasteiger partial charge in [-0.15, -0.1) is 12.4 Å². The van der Waals surface area contributed by atoms with Crippen LogP contribution in [0, 0.1) is 6.92 Å². The summed E-state index contributed by atoms with van der Waals surface area (Å²) in [7, 11) is 0. The topological polar surface area (TPSA) is 76.3 Å². The zero-order valence-corrected chi connectivity index (χ0v) is 15.6. The summed E-state index contributed by atoms with van der Waals surface area (Å²) in [6.07, 6.45) is 3.75. The molecule has 1 aliphatic rings. The first kappa shape index (κ1) is 19.5. The number of benzene rings is 1. The van der Waals surface area contributed by atoms with Gasteiger partial charge in [-0.05, 0) is 38.3 Å². The second kappa shape index (κ2) is 8.04. The van der Waals surface area contributed by atoms with Crippen LogP contribution in [0.1, 0.15) is 25.1 Å². The molecule has 0 radical (unpaired) electrons. The molecule has 2 aromatic heterocycles. The minimum absolute atomic E-state index is 0. The summed E-state index contributed by atoms with van der Waals surface area (Å²) in [5, 5.41) is 0.739. The van der Waals surface area contributed by atoms with Gasteiger partial charge in [0.1, 0.15) is 11.3 Å². The third kappa shape index (κ3) is 3.73. The van der Waals surface area contributed by atoms with Gasteiger partial charge in [0.25, 0.3) is 0 Å². The van der Waals surface area contributed by atoms with Crippen molar-refractivity contribution in [2.24, 2.45) is 0 Å². The lowest BCUT2D eigenvalue weighted by Gasteiger charge is -2.28. The van der Waals surface area contributed by atoms with Crippen LogP contribution in [0.2, 0.25) is 5.02 Å². The maximum atomic E-state index is 6.34. The van der Waals surface area contributed by atoms with Gasteiger partial charge in [-0.25, -0.2) is 9.97 Å². The summed E-state index contributed by atoms with van der Waals surface area (Å²) in [5.41, 5.74) is 3.94. The fourth-order valence-corrected chi connectivity index (χ4v) is 3.51. The van der Waals surface area contributed by atoms with E-state index < -0.39 is 0 Å². The molecule has 1 aliphatic heterocycles. The van der Waals surface area contributed by atoms with Crippen molar-refractivity contribution in [2.75, 3.05) is 18.0 Å². The lowest BCUT2D eigenvalue weighted by Crippen LogP contribution is -2.30. The van der Waals surface area contributed by atoms with Crippen molar-refractivity contribution in [3.05, 3.63) is 41.2 Å². The minimum Gasteiger partial charge on any atom is -0.412 e. The van der Waals surface area contributed by atoms with Gasteiger partial charge in [-0.1, -0.05) is 29.8 Å². The smallest absolute Gasteiger partial charge is 0.156 e. The molecule has 0 spiro atoms. The second-order valence-electron chi connectivity index (χ2n) is 6.07. The minimum atomic E-state index is 0. The van der Waals surface area contributed by atoms with E-state index in [0.717, 1.165) is 52.0 Å². The number of nitrogens with zero attached hydrogens (tertiary/aromatic N) is 3. The number of piperidine rings is 1. The number of hydrogen-bond donors (Lipinski definition) is 1. The fraction of sp³-hybridized carbons (Fsp3) is 0.333. The number of hydrogen-bond acceptors (Lipinski definition) is 3. The van der Waals surface area contributed by atoms with E-state index in [1.807, 2.05) is 31.2 Å². The predicted octanol–water partition coefficient (Wildman–Crippen LogP) is 4.17. The van der Waals surface area contributed by atoms with Gasteiger partial charge in [0.2, 0.25) is 0 Å². The number of fused-ring (bicyclic) bond motifs is 1. The van der Waals surface area contributed by atoms with E-state index in [0.29, 0.717) is 0 Å². The molecule has 0 unspecified atom stereocenters. The van der Waals surface area contributed by atoms with Gasteiger partial charge in [-0.2, -0.15) is 0 Å². The molecule has 0 bridgehead atoms. The first-order chi connectivity index (χ1) is 11.2. The predicted molar refractivity (Wildman–Crippen MR) is 106 cm³/mol. The van der Waals surface area contributed by atoms with Crippen LogP contribution in [-0.2, 0) is 0 Å². The van der Waals surface area contributed by atoms with Crippen LogP contribution in [0.4, 0.5) is 5.82 Å². The molecule has 1 saturated heterocycles. The van der Waals surface area contributed by atoms with Crippen LogP contribution in [-0.4, -0.2) is 33.5 Å². The lowest BCUT2D eigenvalue weighted by molar-refractivity contribution is 0.574. The molecule has 0 saturated carbocycles. The van der Waals surface area contributed by atoms with E-state index in [1.54, 1.807) is 0 Å². The van der Waals surface area contributed by atoms with Gasteiger partial charge in [0.05, 0.1) is 5.52 Å². The highest BCUT2D eigenvalue weighted by Gasteiger charge is 2.18. The lowest BCUT2D eigenvalue weighted by atomic mass is 10.1. The fourth-order valence-electron chi connectivity index (χ4n) is 3.27. The summed E-state index contributed by atoms with van der Waals surface area (Å²) in [4.78, 5) is 15.2. The normalized spacial score (nSPS) is 14.1. The number of aryl methyl sites for hydroxylation is 1. The molecular formula is C18H22Cl2N4O. The van der Waals surface area contributed by atoms with Crippen LogP contribution in [0.5, 0.6) is 0 Å². The third-order valence-electron chi connectivity index (χ3n) is 4.39. The van der Waals surface area contributed by atoms with Crippen LogP contribution in [0.3, 0.4) is 0 Å². The Morgan fingerprint density at radius 2 is 1.80 bits per heavy atom. The van der Waals surface area contributed by atoms with E-state index >= 15 is 0 Å². The van der Waals surface area contributed by atoms with Crippen molar-refractivity contribution in [2.45, 2.75) is 26.2 Å². The summed E-state index contributed by atoms with van der Waals surface area (Å²) in [6.45, 7) is 4.08. The van der Waals surface area contributed by atoms with Crippen molar-refractivity contribution < 1.29 is 5.48 Å². The summed E-state index contributed by atoms with van der Waals surface area (Å²) >= 11 is 6.34. The molecule has 1 aromatic carbocycles. The molecule has 0 aliphatic carbocycles. The van der Waals surface area contributed by atoms with Crippen molar-refractivity contribution >= 4 is 40.9 Å². The molecule has 5 nitrogen and oxygen atoms in total. The summed E-state index contributed by atoms with van der Waals surface area (Å²) < 4.78 is 0. The maximum Gasteiger partial charge on any atom is 0.156 e. The second-order valence-corrected chi connectivity index (χ2v) is 6.47. The highest BCUT2D eigenvalue weighted by molar-refractivity contribution is 6.33. The zero-order chi connectivity index (χ0) is 15.8. The Kier molecular flexibility index (Phi) is 6.27. The Labute approximate surface area is 158 Å². The number of H-pyrrole nitrogens is 1. The van der Waals surface area contributed by atoms with E-state index in [9.17, 15) is 0 Å². The number of nitrogens with one attached hydrogen (secondary N) is 1. The molecule has 0 atom stereocenters. The Balaban J connectivity index is 0.00000113. The van der Waals surface area contributed by atoms with Gasteiger partial charge in [-0.3, -0.25) is 0 Å². The molecule has 3 heterocycles. The molecule has 7 heteroatoms. The number of aromatic amines is 1. The summed E-state index contributed by atoms with van der Waals surface area (Å²) in [6, 6.07) is 9.93. The number of anilines is 1. The largest absolute Gasteiger partial charge is 0.412 e. The monoisotopic (exact) mass is 380 g/mol. The quantitative estimate of drug-likeness (QED) is 0.724. The molecule has 25 heavy (non-hydrogen) atoms. The molecular weight excluding hydrogens is 359 g/mol. The van der Waals surface area contributed by atoms with Crippen molar-refractivity contribution in [1.29, 1.82) is 0 Å². The number of halogens is 2. The van der Waals surface area contributed by atoms with Gasteiger partial charge >= 0.3 is 0 Å². The number of aromatic nitrogens is 3. The Bertz CT molecular complexity index is 859. The van der Waals surface area contributed by atoms with Gasteiger partial charge < -0.3 is 15.4 Å². The first-order valence-electron chi connectivity index (χ1n) is 8.09. The van der Waals surface area contributed by atoms with Crippen molar-refractivity contribution in [3.8, 4) is 11.3 Å². The first-order valence-corrected chi connectivity index (χ1v) is 8.47. The van der Waals surface area contributed by atoms with Crippen LogP contribution < -0.4 is 4.90 Å². The average Bonchev–Trinajstić information content (AvgIpc) is 2.99. The molecule has 3 aromatic rings. The maximum absolute atomic E-state index is 6.34. The van der Waals surface area contributed by atoms with Crippen molar-refractivity contribution in [3.63, 3.8) is 0 Å². The highest BCUT2D eigenvalue weighted by atomic mass is 35.5. The highest BCUT2D eigenvalue weighted by Crippen LogP contribution is 2.32. The molecule has 134 valence electrons. The van der Waals surface area contributed by atoms with Crippen LogP contribution in [0.25, 0.3) is 22.3 Å². The Morgan fingerprint density at radius 3 is 2.52 bits per heavy atom. The molecule has 4 rings (SSSR count). The van der Waals surface area contributed by atoms with E-state index in [2.05, 4.69) is 20.9 Å². The Hall–Kier alpha value is -1.82. The number of rotatable bonds is 2. The molecule has 0 amide bonds. The average molecular weight is 381 g/mol. The van der Waals surface area contributed by atoms with Crippen LogP contribution in [0.15, 0.2) is 30.3 Å². The molecule has 3 N–H and O–H groups in total. The summed E-state index contributed by atoms with van der Waals surface area (Å²) in [5.74, 6) is 1.83. The Morgan fingerprint density at radius 1 is 1.08 bits per heavy atom. The van der Waals surface area contributed by atoms with E-state index in [4.69, 9.17) is 16.6 Å². The zero-order valence-electron chi connectivity index (χ0n) is 14.1. The van der Waals surface area contributed by atoms with Gasteiger partial charge in [0.15, 0.2) is 5.82 Å². The SMILES string of the molecule is Cc1nc(N2CCCCC2)c2[nH]c(-c3ccccc3Cl)cc2n1.Cl.O. The van der Waals surface area contributed by atoms with Crippen molar-refractivity contribution in [1.82, 2.24) is 15.0 Å². The van der Waals surface area contributed by atoms with E-state index in [-0.39, 0.29) is 17.9 Å². The third-order valence-corrected chi connectivity index (χ3v) is 4.72.